The third kappa shape index (κ3) is 3.29. The molecule has 1 aliphatic heterocycles. The summed E-state index contributed by atoms with van der Waals surface area (Å²) in [5.74, 6) is -0.0390. The van der Waals surface area contributed by atoms with Gasteiger partial charge in [0.15, 0.2) is 5.78 Å². The number of likely N-dealkylation sites (tertiary alicyclic amines) is 1. The standard InChI is InChI=1S/C20H23NO2/c1-14(2)6-5-7-15-8-9-16-17(12-15)20(23)18(13-19(16)22)21-10-3-4-11-21/h6,8-9,12-13H,3-5,7,10-11H2,1-2H3. The average molecular weight is 309 g/mol. The van der Waals surface area contributed by atoms with Crippen molar-refractivity contribution >= 4 is 11.6 Å². The van der Waals surface area contributed by atoms with Crippen molar-refractivity contribution in [1.29, 1.82) is 0 Å². The van der Waals surface area contributed by atoms with Gasteiger partial charge < -0.3 is 4.90 Å². The molecule has 3 heteroatoms. The summed E-state index contributed by atoms with van der Waals surface area (Å²) in [5.41, 5.74) is 4.12. The van der Waals surface area contributed by atoms with Gasteiger partial charge >= 0.3 is 0 Å². The van der Waals surface area contributed by atoms with Crippen molar-refractivity contribution in [3.63, 3.8) is 0 Å². The van der Waals surface area contributed by atoms with Gasteiger partial charge in [-0.05, 0) is 51.2 Å². The van der Waals surface area contributed by atoms with E-state index in [2.05, 4.69) is 24.8 Å². The fourth-order valence-corrected chi connectivity index (χ4v) is 3.28. The monoisotopic (exact) mass is 309 g/mol. The topological polar surface area (TPSA) is 37.4 Å². The van der Waals surface area contributed by atoms with Crippen molar-refractivity contribution in [2.24, 2.45) is 0 Å². The maximum absolute atomic E-state index is 12.8. The molecule has 1 fully saturated rings. The number of fused-ring (bicyclic) bond motifs is 1. The Morgan fingerprint density at radius 1 is 1.13 bits per heavy atom. The van der Waals surface area contributed by atoms with Gasteiger partial charge in [-0.15, -0.1) is 0 Å². The molecule has 0 spiro atoms. The highest BCUT2D eigenvalue weighted by Gasteiger charge is 2.30. The second-order valence-electron chi connectivity index (χ2n) is 6.62. The summed E-state index contributed by atoms with van der Waals surface area (Å²) in [6.07, 6.45) is 7.75. The molecule has 2 aliphatic rings. The summed E-state index contributed by atoms with van der Waals surface area (Å²) in [5, 5.41) is 0. The van der Waals surface area contributed by atoms with E-state index in [0.29, 0.717) is 16.8 Å². The van der Waals surface area contributed by atoms with Crippen LogP contribution in [0.25, 0.3) is 0 Å². The maximum atomic E-state index is 12.8. The van der Waals surface area contributed by atoms with E-state index in [4.69, 9.17) is 0 Å². The van der Waals surface area contributed by atoms with Gasteiger partial charge in [-0.3, -0.25) is 9.59 Å². The molecule has 0 unspecified atom stereocenters. The van der Waals surface area contributed by atoms with Gasteiger partial charge in [0.25, 0.3) is 0 Å². The summed E-state index contributed by atoms with van der Waals surface area (Å²) >= 11 is 0. The lowest BCUT2D eigenvalue weighted by molar-refractivity contribution is 0.0956. The second kappa shape index (κ2) is 6.53. The van der Waals surface area contributed by atoms with E-state index in [0.717, 1.165) is 44.3 Å². The molecule has 1 saturated heterocycles. The highest BCUT2D eigenvalue weighted by atomic mass is 16.1. The molecule has 1 aromatic carbocycles. The van der Waals surface area contributed by atoms with Crippen molar-refractivity contribution in [2.45, 2.75) is 39.5 Å². The largest absolute Gasteiger partial charge is 0.368 e. The number of carbonyl (C=O) groups excluding carboxylic acids is 2. The zero-order valence-electron chi connectivity index (χ0n) is 13.9. The molecule has 23 heavy (non-hydrogen) atoms. The molecule has 3 nitrogen and oxygen atoms in total. The van der Waals surface area contributed by atoms with Crippen molar-refractivity contribution in [2.75, 3.05) is 13.1 Å². The van der Waals surface area contributed by atoms with E-state index in [1.807, 2.05) is 18.2 Å². The van der Waals surface area contributed by atoms with Crippen molar-refractivity contribution in [3.05, 3.63) is 58.3 Å². The Kier molecular flexibility index (Phi) is 4.46. The smallest absolute Gasteiger partial charge is 0.209 e. The maximum Gasteiger partial charge on any atom is 0.209 e. The lowest BCUT2D eigenvalue weighted by Crippen LogP contribution is -2.29. The van der Waals surface area contributed by atoms with Crippen LogP contribution in [0.1, 0.15) is 59.4 Å². The number of aryl methyl sites for hydroxylation is 1. The average Bonchev–Trinajstić information content (AvgIpc) is 3.04. The first kappa shape index (κ1) is 15.7. The number of rotatable bonds is 4. The number of ketones is 2. The minimum atomic E-state index is -0.0441. The predicted molar refractivity (Wildman–Crippen MR) is 91.7 cm³/mol. The summed E-state index contributed by atoms with van der Waals surface area (Å²) in [4.78, 5) is 27.2. The quantitative estimate of drug-likeness (QED) is 0.790. The lowest BCUT2D eigenvalue weighted by atomic mass is 9.89. The number of Topliss-reactive ketones (excluding diaryl/α,β-unsaturated/α-hetero) is 1. The number of benzene rings is 1. The van der Waals surface area contributed by atoms with Crippen LogP contribution in [0.15, 0.2) is 41.6 Å². The molecule has 1 aromatic rings. The Morgan fingerprint density at radius 3 is 2.57 bits per heavy atom. The molecule has 0 amide bonds. The highest BCUT2D eigenvalue weighted by Crippen LogP contribution is 2.27. The van der Waals surface area contributed by atoms with Crippen molar-refractivity contribution in [1.82, 2.24) is 4.90 Å². The van der Waals surface area contributed by atoms with Crippen LogP contribution >= 0.6 is 0 Å². The van der Waals surface area contributed by atoms with Crippen LogP contribution in [0.4, 0.5) is 0 Å². The summed E-state index contributed by atoms with van der Waals surface area (Å²) in [7, 11) is 0. The second-order valence-corrected chi connectivity index (χ2v) is 6.62. The number of allylic oxidation sites excluding steroid dienone is 4. The first-order valence-electron chi connectivity index (χ1n) is 8.38. The van der Waals surface area contributed by atoms with Gasteiger partial charge in [0.1, 0.15) is 0 Å². The molecule has 0 bridgehead atoms. The third-order valence-corrected chi connectivity index (χ3v) is 4.53. The van der Waals surface area contributed by atoms with Gasteiger partial charge in [0.2, 0.25) is 5.78 Å². The minimum absolute atomic E-state index is 0.00515. The van der Waals surface area contributed by atoms with Crippen LogP contribution in [-0.4, -0.2) is 29.6 Å². The molecule has 1 aliphatic carbocycles. The van der Waals surface area contributed by atoms with E-state index in [-0.39, 0.29) is 11.6 Å². The number of nitrogens with zero attached hydrogens (tertiary/aromatic N) is 1. The van der Waals surface area contributed by atoms with Crippen molar-refractivity contribution < 1.29 is 9.59 Å². The normalized spacial score (nSPS) is 17.1. The lowest BCUT2D eigenvalue weighted by Gasteiger charge is -2.24. The molecule has 1 heterocycles. The summed E-state index contributed by atoms with van der Waals surface area (Å²) in [6.45, 7) is 5.92. The van der Waals surface area contributed by atoms with Gasteiger partial charge in [0.05, 0.1) is 5.70 Å². The first-order chi connectivity index (χ1) is 11.1. The Bertz CT molecular complexity index is 702. The number of carbonyl (C=O) groups is 2. The van der Waals surface area contributed by atoms with Crippen LogP contribution in [0.3, 0.4) is 0 Å². The molecular formula is C20H23NO2. The molecule has 3 rings (SSSR count). The highest BCUT2D eigenvalue weighted by molar-refractivity contribution is 6.24. The zero-order chi connectivity index (χ0) is 16.4. The first-order valence-corrected chi connectivity index (χ1v) is 8.38. The van der Waals surface area contributed by atoms with Crippen LogP contribution in [0, 0.1) is 0 Å². The van der Waals surface area contributed by atoms with Gasteiger partial charge in [0, 0.05) is 30.3 Å². The molecular weight excluding hydrogens is 286 g/mol. The molecule has 0 atom stereocenters. The van der Waals surface area contributed by atoms with E-state index in [1.54, 1.807) is 0 Å². The zero-order valence-corrected chi connectivity index (χ0v) is 13.9. The van der Waals surface area contributed by atoms with E-state index >= 15 is 0 Å². The predicted octanol–water partition coefficient (Wildman–Crippen LogP) is 3.94. The minimum Gasteiger partial charge on any atom is -0.368 e. The van der Waals surface area contributed by atoms with E-state index in [9.17, 15) is 9.59 Å². The molecule has 0 aromatic heterocycles. The van der Waals surface area contributed by atoms with Gasteiger partial charge in [-0.1, -0.05) is 23.8 Å². The summed E-state index contributed by atoms with van der Waals surface area (Å²) < 4.78 is 0. The van der Waals surface area contributed by atoms with Crippen LogP contribution in [-0.2, 0) is 6.42 Å². The van der Waals surface area contributed by atoms with Gasteiger partial charge in [-0.25, -0.2) is 0 Å². The van der Waals surface area contributed by atoms with Gasteiger partial charge in [-0.2, -0.15) is 0 Å². The van der Waals surface area contributed by atoms with Crippen molar-refractivity contribution in [3.8, 4) is 0 Å². The van der Waals surface area contributed by atoms with Crippen LogP contribution in [0.2, 0.25) is 0 Å². The number of hydrogen-bond acceptors (Lipinski definition) is 3. The Labute approximate surface area is 137 Å². The third-order valence-electron chi connectivity index (χ3n) is 4.53. The van der Waals surface area contributed by atoms with E-state index in [1.165, 1.54) is 11.6 Å². The SMILES string of the molecule is CC(C)=CCCc1ccc2c(c1)C(=O)C(N1CCCC1)=CC2=O. The molecule has 120 valence electrons. The van der Waals surface area contributed by atoms with Crippen LogP contribution in [0.5, 0.6) is 0 Å². The summed E-state index contributed by atoms with van der Waals surface area (Å²) in [6, 6.07) is 5.69. The van der Waals surface area contributed by atoms with Crippen LogP contribution < -0.4 is 0 Å². The fraction of sp³-hybridized carbons (Fsp3) is 0.400. The molecule has 0 radical (unpaired) electrons. The Balaban J connectivity index is 1.86. The van der Waals surface area contributed by atoms with E-state index < -0.39 is 0 Å². The molecule has 0 saturated carbocycles. The fourth-order valence-electron chi connectivity index (χ4n) is 3.28. The number of hydrogen-bond donors (Lipinski definition) is 0. The Morgan fingerprint density at radius 2 is 1.87 bits per heavy atom. The Hall–Kier alpha value is -2.16. The molecule has 0 N–H and O–H groups in total.